The van der Waals surface area contributed by atoms with Crippen LogP contribution in [0.5, 0.6) is 0 Å². The number of halogens is 4. The van der Waals surface area contributed by atoms with E-state index >= 15 is 0 Å². The molecular weight excluding hydrogens is 406 g/mol. The minimum absolute atomic E-state index is 0.434. The lowest BCUT2D eigenvalue weighted by Gasteiger charge is -2.33. The molecule has 0 saturated heterocycles. The van der Waals surface area contributed by atoms with E-state index in [-0.39, 0.29) is 0 Å². The van der Waals surface area contributed by atoms with Crippen molar-refractivity contribution in [2.45, 2.75) is 115 Å². The van der Waals surface area contributed by atoms with Crippen molar-refractivity contribution in [1.29, 1.82) is 0 Å². The van der Waals surface area contributed by atoms with Crippen LogP contribution in [0.15, 0.2) is 18.2 Å². The van der Waals surface area contributed by atoms with Crippen molar-refractivity contribution in [3.8, 4) is 0 Å². The summed E-state index contributed by atoms with van der Waals surface area (Å²) >= 11 is 0. The summed E-state index contributed by atoms with van der Waals surface area (Å²) in [6.45, 7) is 9.49. The summed E-state index contributed by atoms with van der Waals surface area (Å²) in [6, 6.07) is 7.79. The van der Waals surface area contributed by atoms with Crippen LogP contribution in [-0.2, 0) is 0 Å². The van der Waals surface area contributed by atoms with Crippen LogP contribution in [-0.4, -0.2) is 18.6 Å². The molecular formula is C24H40BF4P. The summed E-state index contributed by atoms with van der Waals surface area (Å²) in [5.74, 6) is 1.30. The van der Waals surface area contributed by atoms with Gasteiger partial charge in [0, 0.05) is 7.92 Å². The summed E-state index contributed by atoms with van der Waals surface area (Å²) in [7, 11) is -6.43. The Bertz CT molecular complexity index is 582. The highest BCUT2D eigenvalue weighted by molar-refractivity contribution is 7.67. The smallest absolute Gasteiger partial charge is 0.418 e. The molecule has 172 valence electrons. The van der Waals surface area contributed by atoms with E-state index in [4.69, 9.17) is 0 Å². The molecule has 30 heavy (non-hydrogen) atoms. The highest BCUT2D eigenvalue weighted by Crippen LogP contribution is 2.55. The van der Waals surface area contributed by atoms with Crippen LogP contribution < -0.4 is 5.30 Å². The Morgan fingerprint density at radius 3 is 1.30 bits per heavy atom. The van der Waals surface area contributed by atoms with Crippen molar-refractivity contribution in [3.05, 3.63) is 29.3 Å². The second-order valence-electron chi connectivity index (χ2n) is 9.82. The highest BCUT2D eigenvalue weighted by atomic mass is 31.1. The van der Waals surface area contributed by atoms with Crippen molar-refractivity contribution in [2.75, 3.05) is 0 Å². The first kappa shape index (κ1) is 25.7. The molecule has 1 aromatic rings. The summed E-state index contributed by atoms with van der Waals surface area (Å²) in [5.41, 5.74) is 5.28. The molecule has 0 bridgehead atoms. The van der Waals surface area contributed by atoms with Gasteiger partial charge in [0.1, 0.15) is 0 Å². The molecule has 0 radical (unpaired) electrons. The highest BCUT2D eigenvalue weighted by Gasteiger charge is 2.39. The second kappa shape index (κ2) is 11.9. The molecule has 0 aliphatic heterocycles. The average Bonchev–Trinajstić information content (AvgIpc) is 2.68. The first-order valence-electron chi connectivity index (χ1n) is 12.0. The zero-order chi connectivity index (χ0) is 22.3. The summed E-state index contributed by atoms with van der Waals surface area (Å²) < 4.78 is 39.0. The molecule has 1 aromatic carbocycles. The third-order valence-electron chi connectivity index (χ3n) is 6.73. The van der Waals surface area contributed by atoms with E-state index in [1.165, 1.54) is 64.2 Å². The predicted octanol–water partition coefficient (Wildman–Crippen LogP) is 8.74. The Hall–Kier alpha value is -0.565. The Kier molecular flexibility index (Phi) is 10.2. The summed E-state index contributed by atoms with van der Waals surface area (Å²) in [5, 5.41) is 1.80. The van der Waals surface area contributed by atoms with Gasteiger partial charge in [0.15, 0.2) is 0 Å². The first-order valence-corrected chi connectivity index (χ1v) is 13.6. The van der Waals surface area contributed by atoms with Gasteiger partial charge in [0.2, 0.25) is 0 Å². The van der Waals surface area contributed by atoms with Crippen molar-refractivity contribution in [2.24, 2.45) is 0 Å². The molecule has 2 aliphatic carbocycles. The van der Waals surface area contributed by atoms with Crippen molar-refractivity contribution >= 4 is 20.5 Å². The van der Waals surface area contributed by atoms with Gasteiger partial charge in [-0.2, -0.15) is 0 Å². The van der Waals surface area contributed by atoms with Gasteiger partial charge < -0.3 is 17.3 Å². The number of hydrogen-bond acceptors (Lipinski definition) is 0. The maximum atomic E-state index is 9.75. The zero-order valence-corrected chi connectivity index (χ0v) is 20.2. The Labute approximate surface area is 182 Å². The van der Waals surface area contributed by atoms with Gasteiger partial charge in [-0.1, -0.05) is 46.6 Å². The minimum Gasteiger partial charge on any atom is -0.418 e. The number of benzene rings is 1. The molecule has 0 N–H and O–H groups in total. The fraction of sp³-hybridized carbons (Fsp3) is 0.750. The standard InChI is InChI=1S/C24H39P.BF4/c1-18(2)20-15-21(19(3)4)17-24(16-20)25(22-11-7-5-8-12-22)23-13-9-6-10-14-23;2-1(3,4)5/h15-19,22-23H,5-14H2,1-4H3;/q;-1/p+1. The SMILES string of the molecule is CC(C)c1cc(C(C)C)cc([PH+](C2CCCCC2)C2CCCCC2)c1.F[B-](F)(F)F. The van der Waals surface area contributed by atoms with E-state index in [9.17, 15) is 17.3 Å². The van der Waals surface area contributed by atoms with E-state index in [0.29, 0.717) is 11.8 Å². The topological polar surface area (TPSA) is 0 Å². The molecule has 2 aliphatic rings. The van der Waals surface area contributed by atoms with Crippen LogP contribution in [0, 0.1) is 0 Å². The van der Waals surface area contributed by atoms with E-state index in [1.807, 2.05) is 0 Å². The van der Waals surface area contributed by atoms with E-state index in [0.717, 1.165) is 11.3 Å². The molecule has 0 heterocycles. The molecule has 0 nitrogen and oxygen atoms in total. The lowest BCUT2D eigenvalue weighted by atomic mass is 9.96. The molecule has 0 spiro atoms. The lowest BCUT2D eigenvalue weighted by molar-refractivity contribution is 0.368. The van der Waals surface area contributed by atoms with Crippen LogP contribution in [0.25, 0.3) is 0 Å². The fourth-order valence-corrected chi connectivity index (χ4v) is 9.48. The molecule has 0 unspecified atom stereocenters. The molecule has 6 heteroatoms. The van der Waals surface area contributed by atoms with Crippen LogP contribution in [0.1, 0.15) is 115 Å². The fourth-order valence-electron chi connectivity index (χ4n) is 5.14. The van der Waals surface area contributed by atoms with Crippen molar-refractivity contribution in [1.82, 2.24) is 0 Å². The van der Waals surface area contributed by atoms with Crippen LogP contribution >= 0.6 is 7.92 Å². The molecule has 0 aromatic heterocycles. The minimum atomic E-state index is -6.00. The Balaban J connectivity index is 0.000000575. The van der Waals surface area contributed by atoms with E-state index in [1.54, 1.807) is 16.4 Å². The number of rotatable bonds is 5. The van der Waals surface area contributed by atoms with Crippen LogP contribution in [0.3, 0.4) is 0 Å². The molecule has 0 amide bonds. The summed E-state index contributed by atoms with van der Waals surface area (Å²) in [4.78, 5) is 0. The van der Waals surface area contributed by atoms with Gasteiger partial charge in [-0.15, -0.1) is 0 Å². The average molecular weight is 446 g/mol. The largest absolute Gasteiger partial charge is 0.673 e. The maximum absolute atomic E-state index is 9.75. The molecule has 0 atom stereocenters. The van der Waals surface area contributed by atoms with E-state index in [2.05, 4.69) is 45.9 Å². The Morgan fingerprint density at radius 2 is 1.00 bits per heavy atom. The zero-order valence-electron chi connectivity index (χ0n) is 19.2. The van der Waals surface area contributed by atoms with E-state index < -0.39 is 15.2 Å². The van der Waals surface area contributed by atoms with Crippen LogP contribution in [0.4, 0.5) is 17.3 Å². The quantitative estimate of drug-likeness (QED) is 0.241. The van der Waals surface area contributed by atoms with Crippen molar-refractivity contribution in [3.63, 3.8) is 0 Å². The molecule has 3 rings (SSSR count). The van der Waals surface area contributed by atoms with Gasteiger partial charge in [-0.25, -0.2) is 0 Å². The van der Waals surface area contributed by atoms with Gasteiger partial charge in [-0.3, -0.25) is 0 Å². The third kappa shape index (κ3) is 8.52. The molecule has 2 fully saturated rings. The third-order valence-corrected chi connectivity index (χ3v) is 10.6. The van der Waals surface area contributed by atoms with Crippen LogP contribution in [0.2, 0.25) is 0 Å². The Morgan fingerprint density at radius 1 is 0.667 bits per heavy atom. The normalized spacial score (nSPS) is 19.3. The predicted molar refractivity (Wildman–Crippen MR) is 127 cm³/mol. The molecule has 2 saturated carbocycles. The second-order valence-corrected chi connectivity index (χ2v) is 12.9. The first-order chi connectivity index (χ1) is 14.1. The number of hydrogen-bond donors (Lipinski definition) is 0. The monoisotopic (exact) mass is 446 g/mol. The van der Waals surface area contributed by atoms with Gasteiger partial charge in [-0.05, 0) is 86.5 Å². The maximum Gasteiger partial charge on any atom is 0.673 e. The van der Waals surface area contributed by atoms with Gasteiger partial charge in [0.25, 0.3) is 0 Å². The van der Waals surface area contributed by atoms with Gasteiger partial charge in [0.05, 0.1) is 16.6 Å². The van der Waals surface area contributed by atoms with Gasteiger partial charge >= 0.3 is 7.25 Å². The summed E-state index contributed by atoms with van der Waals surface area (Å²) in [6.07, 6.45) is 15.0. The van der Waals surface area contributed by atoms with Crippen molar-refractivity contribution < 1.29 is 17.3 Å². The lowest BCUT2D eigenvalue weighted by Crippen LogP contribution is -2.26.